The zero-order chi connectivity index (χ0) is 34.0. The molecule has 0 aromatic heterocycles. The Morgan fingerprint density at radius 2 is 0.795 bits per heavy atom. The molecule has 0 spiro atoms. The van der Waals surface area contributed by atoms with Gasteiger partial charge in [-0.2, -0.15) is 0 Å². The van der Waals surface area contributed by atoms with E-state index in [-0.39, 0.29) is 37.0 Å². The number of carbonyl (C=O) groups excluding carboxylic acids is 4. The summed E-state index contributed by atoms with van der Waals surface area (Å²) in [5, 5.41) is 19.1. The third kappa shape index (κ3) is 8.29. The lowest BCUT2D eigenvalue weighted by atomic mass is 9.76. The van der Waals surface area contributed by atoms with E-state index in [2.05, 4.69) is 0 Å². The van der Waals surface area contributed by atoms with Gasteiger partial charge in [0.1, 0.15) is 0 Å². The van der Waals surface area contributed by atoms with Crippen LogP contribution >= 0.6 is 0 Å². The second kappa shape index (κ2) is 13.4. The van der Waals surface area contributed by atoms with Gasteiger partial charge < -0.3 is 29.8 Å². The van der Waals surface area contributed by atoms with Gasteiger partial charge in [0, 0.05) is 61.2 Å². The number of nitrogens with zero attached hydrogens (tertiary/aromatic N) is 4. The van der Waals surface area contributed by atoms with Crippen LogP contribution in [0.5, 0.6) is 0 Å². The van der Waals surface area contributed by atoms with Crippen molar-refractivity contribution in [2.75, 3.05) is 13.1 Å². The maximum atomic E-state index is 12.8. The molecule has 0 aliphatic carbocycles. The van der Waals surface area contributed by atoms with E-state index in [9.17, 15) is 39.0 Å². The molecule has 2 fully saturated rings. The molecule has 0 bridgehead atoms. The maximum Gasteiger partial charge on any atom is 0.394 e. The molecule has 2 rings (SSSR count). The van der Waals surface area contributed by atoms with Gasteiger partial charge in [0.25, 0.3) is 0 Å². The Hall–Kier alpha value is -3.18. The summed E-state index contributed by atoms with van der Waals surface area (Å²) in [4.78, 5) is 80.4. The number of aliphatic carboxylic acids is 2. The third-order valence-corrected chi connectivity index (χ3v) is 9.31. The molecule has 2 aliphatic rings. The van der Waals surface area contributed by atoms with Crippen LogP contribution in [-0.4, -0.2) is 113 Å². The summed E-state index contributed by atoms with van der Waals surface area (Å²) < 4.78 is 0. The molecular weight excluding hydrogens is 568 g/mol. The summed E-state index contributed by atoms with van der Waals surface area (Å²) in [5.74, 6) is -5.09. The summed E-state index contributed by atoms with van der Waals surface area (Å²) >= 11 is 0. The number of amides is 4. The number of hydrogen-bond donors (Lipinski definition) is 2. The first-order valence-corrected chi connectivity index (χ1v) is 15.7. The van der Waals surface area contributed by atoms with Gasteiger partial charge in [-0.05, 0) is 93.9 Å². The van der Waals surface area contributed by atoms with E-state index in [4.69, 9.17) is 0 Å². The van der Waals surface area contributed by atoms with Crippen molar-refractivity contribution in [2.45, 2.75) is 155 Å². The molecule has 12 heteroatoms. The minimum Gasteiger partial charge on any atom is -0.474 e. The van der Waals surface area contributed by atoms with Gasteiger partial charge in [0.05, 0.1) is 0 Å². The lowest BCUT2D eigenvalue weighted by molar-refractivity contribution is -0.163. The zero-order valence-corrected chi connectivity index (χ0v) is 28.4. The van der Waals surface area contributed by atoms with Crippen molar-refractivity contribution in [1.29, 1.82) is 0 Å². The van der Waals surface area contributed by atoms with Crippen LogP contribution in [0.15, 0.2) is 0 Å². The molecule has 0 radical (unpaired) electrons. The average Bonchev–Trinajstić information content (AvgIpc) is 2.80. The topological polar surface area (TPSA) is 156 Å². The fourth-order valence-corrected chi connectivity index (χ4v) is 8.66. The Morgan fingerprint density at radius 1 is 0.545 bits per heavy atom. The van der Waals surface area contributed by atoms with E-state index in [1.54, 1.807) is 0 Å². The number of carbonyl (C=O) groups is 6. The van der Waals surface area contributed by atoms with Crippen molar-refractivity contribution in [3.63, 3.8) is 0 Å². The Morgan fingerprint density at radius 3 is 1.00 bits per heavy atom. The van der Waals surface area contributed by atoms with Crippen LogP contribution in [0.3, 0.4) is 0 Å². The number of likely N-dealkylation sites (tertiary alicyclic amines) is 2. The number of rotatable bonds is 9. The van der Waals surface area contributed by atoms with Gasteiger partial charge in [-0.3, -0.25) is 19.2 Å². The first-order valence-electron chi connectivity index (χ1n) is 15.7. The fraction of sp³-hybridized carbons (Fsp3) is 0.812. The highest BCUT2D eigenvalue weighted by molar-refractivity contribution is 6.31. The molecule has 4 amide bonds. The van der Waals surface area contributed by atoms with E-state index in [0.29, 0.717) is 51.4 Å². The van der Waals surface area contributed by atoms with Crippen LogP contribution in [-0.2, 0) is 28.8 Å². The highest BCUT2D eigenvalue weighted by Gasteiger charge is 2.50. The molecule has 0 atom stereocenters. The molecular formula is C32H54N4O8. The fourth-order valence-electron chi connectivity index (χ4n) is 8.66. The molecule has 2 saturated heterocycles. The molecule has 2 aliphatic heterocycles. The first kappa shape index (κ1) is 37.0. The summed E-state index contributed by atoms with van der Waals surface area (Å²) in [5.41, 5.74) is -2.28. The van der Waals surface area contributed by atoms with Crippen LogP contribution in [0.2, 0.25) is 0 Å². The highest BCUT2D eigenvalue weighted by Crippen LogP contribution is 2.42. The molecule has 2 heterocycles. The average molecular weight is 623 g/mol. The van der Waals surface area contributed by atoms with Crippen LogP contribution in [0, 0.1) is 0 Å². The van der Waals surface area contributed by atoms with Gasteiger partial charge in [-0.25, -0.2) is 9.59 Å². The zero-order valence-electron chi connectivity index (χ0n) is 28.4. The Balaban J connectivity index is 2.08. The second-order valence-corrected chi connectivity index (χ2v) is 15.1. The molecule has 0 unspecified atom stereocenters. The van der Waals surface area contributed by atoms with Gasteiger partial charge in [-0.15, -0.1) is 0 Å². The minimum atomic E-state index is -1.51. The number of unbranched alkanes of at least 4 members (excludes halogenated alkanes) is 3. The van der Waals surface area contributed by atoms with Crippen molar-refractivity contribution in [3.05, 3.63) is 0 Å². The normalized spacial score (nSPS) is 21.0. The predicted molar refractivity (Wildman–Crippen MR) is 165 cm³/mol. The van der Waals surface area contributed by atoms with Crippen LogP contribution in [0.4, 0.5) is 0 Å². The van der Waals surface area contributed by atoms with E-state index in [1.807, 2.05) is 65.2 Å². The number of piperidine rings is 2. The third-order valence-electron chi connectivity index (χ3n) is 9.31. The van der Waals surface area contributed by atoms with Gasteiger partial charge in [0.2, 0.25) is 11.8 Å². The summed E-state index contributed by atoms with van der Waals surface area (Å²) in [6.07, 6.45) is 4.20. The van der Waals surface area contributed by atoms with Crippen LogP contribution in [0.25, 0.3) is 0 Å². The quantitative estimate of drug-likeness (QED) is 0.292. The lowest BCUT2D eigenvalue weighted by Gasteiger charge is -2.56. The lowest BCUT2D eigenvalue weighted by Crippen LogP contribution is -2.66. The maximum absolute atomic E-state index is 12.8. The summed E-state index contributed by atoms with van der Waals surface area (Å²) in [7, 11) is 0. The first-order chi connectivity index (χ1) is 20.0. The standard InChI is InChI=1S/C32H54N4O8/c1-21(37)35-29(3,4)17-23(18-30(35,5)6)33(25(39)27(41)42)15-13-11-12-14-16-34(26(40)28(43)44)24-19-31(7,8)36(22(2)38)32(9,10)20-24/h23-24H,11-20H2,1-10H3,(H,41,42)(H,43,44). The Bertz CT molecular complexity index is 1020. The molecule has 44 heavy (non-hydrogen) atoms. The van der Waals surface area contributed by atoms with Crippen molar-refractivity contribution >= 4 is 35.6 Å². The molecule has 0 aromatic carbocycles. The smallest absolute Gasteiger partial charge is 0.394 e. The van der Waals surface area contributed by atoms with Crippen molar-refractivity contribution in [2.24, 2.45) is 0 Å². The molecule has 0 aromatic rings. The van der Waals surface area contributed by atoms with Gasteiger partial charge in [-0.1, -0.05) is 12.8 Å². The number of carboxylic acids is 2. The van der Waals surface area contributed by atoms with E-state index in [1.165, 1.54) is 23.6 Å². The van der Waals surface area contributed by atoms with Crippen molar-refractivity contribution < 1.29 is 39.0 Å². The van der Waals surface area contributed by atoms with Crippen LogP contribution < -0.4 is 0 Å². The summed E-state index contributed by atoms with van der Waals surface area (Å²) in [6, 6.07) is -0.703. The minimum absolute atomic E-state index is 0.0680. The van der Waals surface area contributed by atoms with E-state index in [0.717, 1.165) is 0 Å². The van der Waals surface area contributed by atoms with Crippen molar-refractivity contribution in [3.8, 4) is 0 Å². The van der Waals surface area contributed by atoms with Gasteiger partial charge >= 0.3 is 23.8 Å². The monoisotopic (exact) mass is 622 g/mol. The second-order valence-electron chi connectivity index (χ2n) is 15.1. The highest BCUT2D eigenvalue weighted by atomic mass is 16.4. The molecule has 250 valence electrons. The summed E-state index contributed by atoms with van der Waals surface area (Å²) in [6.45, 7) is 19.0. The number of carboxylic acid groups (broad SMARTS) is 2. The molecule has 0 saturated carbocycles. The van der Waals surface area contributed by atoms with Crippen molar-refractivity contribution in [1.82, 2.24) is 19.6 Å². The molecule has 12 nitrogen and oxygen atoms in total. The number of hydrogen-bond acceptors (Lipinski definition) is 6. The van der Waals surface area contributed by atoms with E-state index < -0.39 is 45.9 Å². The molecule has 2 N–H and O–H groups in total. The predicted octanol–water partition coefficient (Wildman–Crippen LogP) is 3.51. The van der Waals surface area contributed by atoms with Crippen LogP contribution in [0.1, 0.15) is 121 Å². The van der Waals surface area contributed by atoms with E-state index >= 15 is 0 Å². The Kier molecular flexibility index (Phi) is 11.3. The van der Waals surface area contributed by atoms with Gasteiger partial charge in [0.15, 0.2) is 0 Å². The SMILES string of the molecule is CC(=O)N1C(C)(C)CC(N(CCCCCCN(C(=O)C(=O)O)C2CC(C)(C)N(C(C)=O)C(C)(C)C2)C(=O)C(=O)O)CC1(C)C. The largest absolute Gasteiger partial charge is 0.474 e. The Labute approximate surface area is 262 Å².